The predicted octanol–water partition coefficient (Wildman–Crippen LogP) is 3.22. The fraction of sp³-hybridized carbons (Fsp3) is 0.150. The number of nitrogens with zero attached hydrogens (tertiary/aromatic N) is 1. The quantitative estimate of drug-likeness (QED) is 0.758. The van der Waals surface area contributed by atoms with Crippen molar-refractivity contribution in [3.05, 3.63) is 71.8 Å². The van der Waals surface area contributed by atoms with Crippen LogP contribution in [0.25, 0.3) is 10.8 Å². The molecule has 1 aliphatic rings. The zero-order valence-corrected chi connectivity index (χ0v) is 13.8. The van der Waals surface area contributed by atoms with Crippen molar-refractivity contribution in [3.63, 3.8) is 0 Å². The molecule has 1 aliphatic carbocycles. The number of carbonyl (C=O) groups is 2. The fourth-order valence-corrected chi connectivity index (χ4v) is 3.21. The van der Waals surface area contributed by atoms with E-state index in [0.717, 1.165) is 16.5 Å². The summed E-state index contributed by atoms with van der Waals surface area (Å²) in [4.78, 5) is 27.6. The van der Waals surface area contributed by atoms with Gasteiger partial charge in [0.05, 0.1) is 5.56 Å². The number of nitrogens with one attached hydrogen (secondary N) is 1. The highest BCUT2D eigenvalue weighted by molar-refractivity contribution is 5.97. The molecule has 6 heteroatoms. The zero-order valence-electron chi connectivity index (χ0n) is 13.8. The Bertz CT molecular complexity index is 1030. The van der Waals surface area contributed by atoms with Gasteiger partial charge in [0, 0.05) is 29.4 Å². The molecule has 0 radical (unpaired) electrons. The van der Waals surface area contributed by atoms with Crippen molar-refractivity contribution < 1.29 is 14.0 Å². The molecule has 1 saturated carbocycles. The second-order valence-corrected chi connectivity index (χ2v) is 6.48. The lowest BCUT2D eigenvalue weighted by Crippen LogP contribution is -2.15. The Morgan fingerprint density at radius 1 is 1.12 bits per heavy atom. The summed E-state index contributed by atoms with van der Waals surface area (Å²) >= 11 is 0. The molecule has 26 heavy (non-hydrogen) atoms. The smallest absolute Gasteiger partial charge is 0.251 e. The van der Waals surface area contributed by atoms with Crippen molar-refractivity contribution in [2.24, 2.45) is 11.7 Å². The molecule has 3 N–H and O–H groups in total. The molecule has 1 aromatic heterocycles. The van der Waals surface area contributed by atoms with E-state index in [1.54, 1.807) is 18.5 Å². The standard InChI is InChI=1S/C20H16FN3O2/c21-18-8-12(2-4-15(18)19(22)25)16-9-17(16)20(26)24-14-3-1-13-10-23-6-5-11(13)7-14/h1-8,10,16-17H,9H2,(H2,22,25)(H,24,26)/t16-,17+/m0/s1. The van der Waals surface area contributed by atoms with Crippen LogP contribution in [0, 0.1) is 11.7 Å². The topological polar surface area (TPSA) is 85.1 Å². The number of hydrogen-bond donors (Lipinski definition) is 2. The number of pyridine rings is 1. The van der Waals surface area contributed by atoms with Crippen molar-refractivity contribution >= 4 is 28.3 Å². The van der Waals surface area contributed by atoms with Crippen LogP contribution in [-0.2, 0) is 4.79 Å². The van der Waals surface area contributed by atoms with Gasteiger partial charge in [-0.1, -0.05) is 12.1 Å². The van der Waals surface area contributed by atoms with E-state index >= 15 is 0 Å². The van der Waals surface area contributed by atoms with Crippen LogP contribution >= 0.6 is 0 Å². The zero-order chi connectivity index (χ0) is 18.3. The van der Waals surface area contributed by atoms with Gasteiger partial charge in [0.15, 0.2) is 0 Å². The Morgan fingerprint density at radius 3 is 2.73 bits per heavy atom. The van der Waals surface area contributed by atoms with Gasteiger partial charge in [-0.2, -0.15) is 0 Å². The lowest BCUT2D eigenvalue weighted by Gasteiger charge is -2.07. The molecular weight excluding hydrogens is 333 g/mol. The molecule has 0 aliphatic heterocycles. The van der Waals surface area contributed by atoms with E-state index in [4.69, 9.17) is 5.73 Å². The van der Waals surface area contributed by atoms with Crippen LogP contribution in [0.5, 0.6) is 0 Å². The predicted molar refractivity (Wildman–Crippen MR) is 96.1 cm³/mol. The van der Waals surface area contributed by atoms with E-state index in [0.29, 0.717) is 12.0 Å². The molecule has 0 saturated heterocycles. The summed E-state index contributed by atoms with van der Waals surface area (Å²) in [5.41, 5.74) is 6.40. The number of benzene rings is 2. The largest absolute Gasteiger partial charge is 0.366 e. The van der Waals surface area contributed by atoms with Crippen molar-refractivity contribution in [3.8, 4) is 0 Å². The number of anilines is 1. The van der Waals surface area contributed by atoms with Gasteiger partial charge in [0.25, 0.3) is 5.91 Å². The van der Waals surface area contributed by atoms with Crippen LogP contribution in [0.4, 0.5) is 10.1 Å². The van der Waals surface area contributed by atoms with Gasteiger partial charge in [0.2, 0.25) is 5.91 Å². The highest BCUT2D eigenvalue weighted by atomic mass is 19.1. The van der Waals surface area contributed by atoms with Gasteiger partial charge in [0.1, 0.15) is 5.82 Å². The van der Waals surface area contributed by atoms with E-state index in [1.165, 1.54) is 12.1 Å². The molecule has 4 rings (SSSR count). The Morgan fingerprint density at radius 2 is 1.96 bits per heavy atom. The summed E-state index contributed by atoms with van der Waals surface area (Å²) in [7, 11) is 0. The van der Waals surface area contributed by atoms with E-state index in [9.17, 15) is 14.0 Å². The van der Waals surface area contributed by atoms with Crippen molar-refractivity contribution in [2.75, 3.05) is 5.32 Å². The molecule has 0 spiro atoms. The van der Waals surface area contributed by atoms with Gasteiger partial charge < -0.3 is 11.1 Å². The van der Waals surface area contributed by atoms with Crippen LogP contribution in [0.1, 0.15) is 28.3 Å². The molecule has 130 valence electrons. The highest BCUT2D eigenvalue weighted by Gasteiger charge is 2.44. The number of halogens is 1. The van der Waals surface area contributed by atoms with Crippen LogP contribution in [0.15, 0.2) is 54.9 Å². The molecular formula is C20H16FN3O2. The number of carbonyl (C=O) groups excluding carboxylic acids is 2. The van der Waals surface area contributed by atoms with Crippen molar-refractivity contribution in [1.82, 2.24) is 4.98 Å². The Labute approximate surface area is 149 Å². The summed E-state index contributed by atoms with van der Waals surface area (Å²) in [6.07, 6.45) is 4.12. The monoisotopic (exact) mass is 349 g/mol. The summed E-state index contributed by atoms with van der Waals surface area (Å²) in [5.74, 6) is -1.80. The van der Waals surface area contributed by atoms with E-state index in [-0.39, 0.29) is 23.3 Å². The molecule has 2 aromatic carbocycles. The van der Waals surface area contributed by atoms with Gasteiger partial charge in [-0.05, 0) is 53.6 Å². The third-order valence-electron chi connectivity index (χ3n) is 4.72. The number of hydrogen-bond acceptors (Lipinski definition) is 3. The average molecular weight is 349 g/mol. The Balaban J connectivity index is 1.46. The number of amides is 2. The SMILES string of the molecule is NC(=O)c1ccc([C@@H]2C[C@H]2C(=O)Nc2ccc3cnccc3c2)cc1F. The van der Waals surface area contributed by atoms with Crippen LogP contribution in [-0.4, -0.2) is 16.8 Å². The summed E-state index contributed by atoms with van der Waals surface area (Å²) < 4.78 is 13.9. The molecule has 1 fully saturated rings. The lowest BCUT2D eigenvalue weighted by molar-refractivity contribution is -0.117. The van der Waals surface area contributed by atoms with E-state index in [2.05, 4.69) is 10.3 Å². The van der Waals surface area contributed by atoms with Crippen LogP contribution in [0.2, 0.25) is 0 Å². The van der Waals surface area contributed by atoms with E-state index < -0.39 is 11.7 Å². The number of rotatable bonds is 4. The molecule has 3 aromatic rings. The van der Waals surface area contributed by atoms with Crippen LogP contribution in [0.3, 0.4) is 0 Å². The normalized spacial score (nSPS) is 18.5. The first-order valence-electron chi connectivity index (χ1n) is 8.27. The Hall–Kier alpha value is -3.28. The average Bonchev–Trinajstić information content (AvgIpc) is 3.42. The minimum Gasteiger partial charge on any atom is -0.366 e. The lowest BCUT2D eigenvalue weighted by atomic mass is 10.1. The van der Waals surface area contributed by atoms with Crippen molar-refractivity contribution in [2.45, 2.75) is 12.3 Å². The number of fused-ring (bicyclic) bond motifs is 1. The van der Waals surface area contributed by atoms with Gasteiger partial charge in [-0.25, -0.2) is 4.39 Å². The number of aromatic nitrogens is 1. The number of nitrogens with two attached hydrogens (primary N) is 1. The minimum atomic E-state index is -0.800. The first kappa shape index (κ1) is 16.2. The van der Waals surface area contributed by atoms with Gasteiger partial charge >= 0.3 is 0 Å². The molecule has 5 nitrogen and oxygen atoms in total. The molecule has 2 atom stereocenters. The van der Waals surface area contributed by atoms with Crippen molar-refractivity contribution in [1.29, 1.82) is 0 Å². The van der Waals surface area contributed by atoms with Gasteiger partial charge in [-0.3, -0.25) is 14.6 Å². The summed E-state index contributed by atoms with van der Waals surface area (Å²) in [5, 5.41) is 4.91. The molecule has 0 unspecified atom stereocenters. The first-order valence-corrected chi connectivity index (χ1v) is 8.27. The first-order chi connectivity index (χ1) is 12.5. The van der Waals surface area contributed by atoms with E-state index in [1.807, 2.05) is 24.3 Å². The number of primary amides is 1. The molecule has 1 heterocycles. The molecule has 2 amide bonds. The second-order valence-electron chi connectivity index (χ2n) is 6.48. The molecule has 0 bridgehead atoms. The fourth-order valence-electron chi connectivity index (χ4n) is 3.21. The minimum absolute atomic E-state index is 0.0453. The third kappa shape index (κ3) is 3.01. The Kier molecular flexibility index (Phi) is 3.88. The maximum absolute atomic E-state index is 13.9. The summed E-state index contributed by atoms with van der Waals surface area (Å²) in [6.45, 7) is 0. The van der Waals surface area contributed by atoms with Crippen LogP contribution < -0.4 is 11.1 Å². The second kappa shape index (κ2) is 6.22. The highest BCUT2D eigenvalue weighted by Crippen LogP contribution is 2.48. The third-order valence-corrected chi connectivity index (χ3v) is 4.72. The van der Waals surface area contributed by atoms with Gasteiger partial charge in [-0.15, -0.1) is 0 Å². The maximum atomic E-state index is 13.9. The summed E-state index contributed by atoms with van der Waals surface area (Å²) in [6, 6.07) is 11.8. The maximum Gasteiger partial charge on any atom is 0.251 e.